The van der Waals surface area contributed by atoms with Crippen LogP contribution in [0.5, 0.6) is 5.88 Å². The number of hydrogen-bond acceptors (Lipinski definition) is 4. The molecule has 1 N–H and O–H groups in total. The number of aryl methyl sites for hydroxylation is 1. The maximum absolute atomic E-state index is 5.67. The van der Waals surface area contributed by atoms with Crippen LogP contribution in [0.2, 0.25) is 0 Å². The van der Waals surface area contributed by atoms with Crippen LogP contribution in [0.25, 0.3) is 33.4 Å². The first-order valence-electron chi connectivity index (χ1n) is 8.63. The average molecular weight is 344 g/mol. The van der Waals surface area contributed by atoms with Crippen molar-refractivity contribution in [2.45, 2.75) is 26.9 Å². The first-order valence-corrected chi connectivity index (χ1v) is 8.63. The number of aromatic nitrogens is 4. The van der Waals surface area contributed by atoms with Crippen molar-refractivity contribution in [1.82, 2.24) is 19.9 Å². The van der Waals surface area contributed by atoms with Crippen molar-refractivity contribution in [2.24, 2.45) is 0 Å². The number of fused-ring (bicyclic) bond motifs is 1. The standard InChI is InChI=1S/C21H20N4O/c1-13(2)26-21-12-22-11-20(25-21)15-4-5-18-16(9-15)17(10-24-18)19-8-14(3)6-7-23-19/h4-13,24H,1-3H3. The van der Waals surface area contributed by atoms with Gasteiger partial charge in [-0.05, 0) is 50.6 Å². The molecule has 3 heterocycles. The molecule has 1 aromatic carbocycles. The number of rotatable bonds is 4. The van der Waals surface area contributed by atoms with Gasteiger partial charge in [-0.25, -0.2) is 4.98 Å². The van der Waals surface area contributed by atoms with Crippen LogP contribution in [-0.4, -0.2) is 26.0 Å². The summed E-state index contributed by atoms with van der Waals surface area (Å²) in [6.07, 6.45) is 7.29. The van der Waals surface area contributed by atoms with Crippen LogP contribution in [0.4, 0.5) is 0 Å². The fourth-order valence-corrected chi connectivity index (χ4v) is 2.96. The molecule has 0 aliphatic carbocycles. The molecular formula is C21H20N4O. The quantitative estimate of drug-likeness (QED) is 0.578. The van der Waals surface area contributed by atoms with E-state index in [1.165, 1.54) is 5.56 Å². The molecule has 5 heteroatoms. The lowest BCUT2D eigenvalue weighted by Gasteiger charge is -2.09. The Labute approximate surface area is 152 Å². The van der Waals surface area contributed by atoms with Gasteiger partial charge in [0, 0.05) is 34.4 Å². The molecule has 5 nitrogen and oxygen atoms in total. The predicted molar refractivity (Wildman–Crippen MR) is 103 cm³/mol. The zero-order chi connectivity index (χ0) is 18.1. The van der Waals surface area contributed by atoms with Gasteiger partial charge in [0.05, 0.1) is 29.9 Å². The largest absolute Gasteiger partial charge is 0.474 e. The summed E-state index contributed by atoms with van der Waals surface area (Å²) in [5.74, 6) is 0.534. The highest BCUT2D eigenvalue weighted by molar-refractivity contribution is 5.97. The summed E-state index contributed by atoms with van der Waals surface area (Å²) < 4.78 is 5.67. The number of H-pyrrole nitrogens is 1. The third kappa shape index (κ3) is 3.16. The van der Waals surface area contributed by atoms with Crippen molar-refractivity contribution in [3.8, 4) is 28.4 Å². The van der Waals surface area contributed by atoms with Gasteiger partial charge in [-0.15, -0.1) is 0 Å². The maximum Gasteiger partial charge on any atom is 0.233 e. The number of hydrogen-bond donors (Lipinski definition) is 1. The van der Waals surface area contributed by atoms with Gasteiger partial charge in [0.15, 0.2) is 0 Å². The van der Waals surface area contributed by atoms with E-state index in [1.54, 1.807) is 12.4 Å². The third-order valence-corrected chi connectivity index (χ3v) is 4.14. The number of benzene rings is 1. The average Bonchev–Trinajstić information content (AvgIpc) is 3.04. The highest BCUT2D eigenvalue weighted by Gasteiger charge is 2.11. The zero-order valence-electron chi connectivity index (χ0n) is 15.0. The van der Waals surface area contributed by atoms with E-state index < -0.39 is 0 Å². The summed E-state index contributed by atoms with van der Waals surface area (Å²) in [7, 11) is 0. The van der Waals surface area contributed by atoms with Crippen LogP contribution in [-0.2, 0) is 0 Å². The Morgan fingerprint density at radius 3 is 2.73 bits per heavy atom. The molecule has 26 heavy (non-hydrogen) atoms. The fourth-order valence-electron chi connectivity index (χ4n) is 2.96. The van der Waals surface area contributed by atoms with Gasteiger partial charge in [0.1, 0.15) is 0 Å². The van der Waals surface area contributed by atoms with E-state index in [0.29, 0.717) is 5.88 Å². The Bertz CT molecular complexity index is 1070. The molecular weight excluding hydrogens is 324 g/mol. The molecule has 0 saturated heterocycles. The molecule has 0 aliphatic rings. The van der Waals surface area contributed by atoms with Crippen molar-refractivity contribution in [3.05, 3.63) is 60.7 Å². The zero-order valence-corrected chi connectivity index (χ0v) is 15.0. The molecule has 0 radical (unpaired) electrons. The smallest absolute Gasteiger partial charge is 0.233 e. The van der Waals surface area contributed by atoms with Crippen molar-refractivity contribution < 1.29 is 4.74 Å². The highest BCUT2D eigenvalue weighted by Crippen LogP contribution is 2.31. The Balaban J connectivity index is 1.79. The van der Waals surface area contributed by atoms with E-state index in [-0.39, 0.29) is 6.10 Å². The lowest BCUT2D eigenvalue weighted by Crippen LogP contribution is -2.07. The first kappa shape index (κ1) is 16.3. The third-order valence-electron chi connectivity index (χ3n) is 4.14. The van der Waals surface area contributed by atoms with Crippen LogP contribution in [0, 0.1) is 6.92 Å². The molecule has 130 valence electrons. The molecule has 0 aliphatic heterocycles. The van der Waals surface area contributed by atoms with Crippen molar-refractivity contribution in [3.63, 3.8) is 0 Å². The summed E-state index contributed by atoms with van der Waals surface area (Å²) in [5, 5.41) is 1.11. The van der Waals surface area contributed by atoms with Crippen LogP contribution in [0.3, 0.4) is 0 Å². The van der Waals surface area contributed by atoms with Gasteiger partial charge in [0.25, 0.3) is 0 Å². The topological polar surface area (TPSA) is 63.7 Å². The lowest BCUT2D eigenvalue weighted by molar-refractivity contribution is 0.232. The Hall–Kier alpha value is -3.21. The van der Waals surface area contributed by atoms with E-state index >= 15 is 0 Å². The normalized spacial score (nSPS) is 11.2. The fraction of sp³-hybridized carbons (Fsp3) is 0.190. The molecule has 0 amide bonds. The monoisotopic (exact) mass is 344 g/mol. The van der Waals surface area contributed by atoms with Gasteiger partial charge in [-0.1, -0.05) is 6.07 Å². The second-order valence-corrected chi connectivity index (χ2v) is 6.59. The first-order chi connectivity index (χ1) is 12.6. The van der Waals surface area contributed by atoms with Crippen LogP contribution in [0.1, 0.15) is 19.4 Å². The second kappa shape index (κ2) is 6.59. The molecule has 3 aromatic heterocycles. The Kier molecular flexibility index (Phi) is 4.13. The molecule has 0 unspecified atom stereocenters. The second-order valence-electron chi connectivity index (χ2n) is 6.59. The summed E-state index contributed by atoms with van der Waals surface area (Å²) in [4.78, 5) is 16.7. The minimum Gasteiger partial charge on any atom is -0.474 e. The minimum absolute atomic E-state index is 0.0608. The van der Waals surface area contributed by atoms with E-state index in [1.807, 2.05) is 38.4 Å². The summed E-state index contributed by atoms with van der Waals surface area (Å²) in [6.45, 7) is 6.02. The summed E-state index contributed by atoms with van der Waals surface area (Å²) >= 11 is 0. The van der Waals surface area contributed by atoms with E-state index in [0.717, 1.165) is 33.4 Å². The van der Waals surface area contributed by atoms with Gasteiger partial charge < -0.3 is 9.72 Å². The van der Waals surface area contributed by atoms with Crippen LogP contribution < -0.4 is 4.74 Å². The van der Waals surface area contributed by atoms with E-state index in [2.05, 4.69) is 45.1 Å². The van der Waals surface area contributed by atoms with Gasteiger partial charge in [0.2, 0.25) is 5.88 Å². The molecule has 0 spiro atoms. The van der Waals surface area contributed by atoms with E-state index in [9.17, 15) is 0 Å². The number of aromatic amines is 1. The summed E-state index contributed by atoms with van der Waals surface area (Å²) in [5.41, 5.74) is 6.06. The maximum atomic E-state index is 5.67. The number of nitrogens with one attached hydrogen (secondary N) is 1. The lowest BCUT2D eigenvalue weighted by atomic mass is 10.0. The molecule has 4 aromatic rings. The SMILES string of the molecule is Cc1ccnc(-c2c[nH]c3ccc(-c4cncc(OC(C)C)n4)cc23)c1. The minimum atomic E-state index is 0.0608. The van der Waals surface area contributed by atoms with E-state index in [4.69, 9.17) is 4.74 Å². The van der Waals surface area contributed by atoms with Gasteiger partial charge in [-0.2, -0.15) is 0 Å². The van der Waals surface area contributed by atoms with Crippen LogP contribution >= 0.6 is 0 Å². The number of ether oxygens (including phenoxy) is 1. The van der Waals surface area contributed by atoms with Crippen molar-refractivity contribution >= 4 is 10.9 Å². The predicted octanol–water partition coefficient (Wildman–Crippen LogP) is 4.78. The molecule has 4 rings (SSSR count). The van der Waals surface area contributed by atoms with Crippen molar-refractivity contribution in [1.29, 1.82) is 0 Å². The van der Waals surface area contributed by atoms with Crippen molar-refractivity contribution in [2.75, 3.05) is 0 Å². The number of pyridine rings is 1. The molecule has 0 saturated carbocycles. The summed E-state index contributed by atoms with van der Waals surface area (Å²) in [6, 6.07) is 10.3. The van der Waals surface area contributed by atoms with Gasteiger partial charge in [-0.3, -0.25) is 9.97 Å². The molecule has 0 atom stereocenters. The molecule has 0 bridgehead atoms. The Morgan fingerprint density at radius 2 is 1.92 bits per heavy atom. The molecule has 0 fully saturated rings. The highest BCUT2D eigenvalue weighted by atomic mass is 16.5. The van der Waals surface area contributed by atoms with Crippen LogP contribution in [0.15, 0.2) is 55.1 Å². The van der Waals surface area contributed by atoms with Gasteiger partial charge >= 0.3 is 0 Å². The Morgan fingerprint density at radius 1 is 1.04 bits per heavy atom. The number of nitrogens with zero attached hydrogens (tertiary/aromatic N) is 3.